The predicted octanol–water partition coefficient (Wildman–Crippen LogP) is -0.448. The van der Waals surface area contributed by atoms with Crippen molar-refractivity contribution in [3.63, 3.8) is 0 Å². The Hall–Kier alpha value is -2.12. The zero-order chi connectivity index (χ0) is 14.4. The molecule has 0 atom stereocenters. The maximum atomic E-state index is 11.4. The molecule has 1 aromatic heterocycles. The second-order valence-electron chi connectivity index (χ2n) is 4.21. The number of nitrogens with one attached hydrogen (secondary N) is 2. The average Bonchev–Trinajstić information content (AvgIpc) is 2.38. The number of nitrogens with zero attached hydrogens (tertiary/aromatic N) is 5. The lowest BCUT2D eigenvalue weighted by Crippen LogP contribution is -2.34. The van der Waals surface area contributed by atoms with Gasteiger partial charge in [0.2, 0.25) is 23.8 Å². The largest absolute Gasteiger partial charge is 0.358 e. The average molecular weight is 267 g/mol. The highest BCUT2D eigenvalue weighted by molar-refractivity contribution is 5.80. The summed E-state index contributed by atoms with van der Waals surface area (Å²) < 4.78 is 0. The Morgan fingerprint density at radius 1 is 1.16 bits per heavy atom. The monoisotopic (exact) mass is 267 g/mol. The summed E-state index contributed by atoms with van der Waals surface area (Å²) in [6.07, 6.45) is 0. The highest BCUT2D eigenvalue weighted by atomic mass is 16.1. The van der Waals surface area contributed by atoms with Gasteiger partial charge in [-0.05, 0) is 6.92 Å². The van der Waals surface area contributed by atoms with Crippen LogP contribution in [0.15, 0.2) is 0 Å². The van der Waals surface area contributed by atoms with Crippen molar-refractivity contribution in [2.45, 2.75) is 6.92 Å². The van der Waals surface area contributed by atoms with Crippen LogP contribution < -0.4 is 20.4 Å². The van der Waals surface area contributed by atoms with E-state index < -0.39 is 0 Å². The van der Waals surface area contributed by atoms with E-state index >= 15 is 0 Å². The van der Waals surface area contributed by atoms with E-state index in [2.05, 4.69) is 25.6 Å². The maximum absolute atomic E-state index is 11.4. The zero-order valence-electron chi connectivity index (χ0n) is 12.1. The van der Waals surface area contributed by atoms with Gasteiger partial charge in [0.1, 0.15) is 0 Å². The van der Waals surface area contributed by atoms with E-state index in [4.69, 9.17) is 0 Å². The Bertz CT molecular complexity index is 435. The number of hydrogen-bond acceptors (Lipinski definition) is 7. The van der Waals surface area contributed by atoms with Gasteiger partial charge in [-0.2, -0.15) is 15.0 Å². The summed E-state index contributed by atoms with van der Waals surface area (Å²) in [6, 6.07) is 0. The second kappa shape index (κ2) is 6.72. The summed E-state index contributed by atoms with van der Waals surface area (Å²) in [5.41, 5.74) is 0. The van der Waals surface area contributed by atoms with Gasteiger partial charge in [-0.1, -0.05) is 0 Å². The van der Waals surface area contributed by atoms with Gasteiger partial charge in [-0.3, -0.25) is 4.79 Å². The fraction of sp³-hybridized carbons (Fsp3) is 0.636. The molecule has 2 N–H and O–H groups in total. The van der Waals surface area contributed by atoms with Gasteiger partial charge in [0.25, 0.3) is 0 Å². The van der Waals surface area contributed by atoms with E-state index in [1.165, 1.54) is 0 Å². The Kier molecular flexibility index (Phi) is 5.28. The predicted molar refractivity (Wildman–Crippen MR) is 75.7 cm³/mol. The molecule has 1 aromatic rings. The molecule has 106 valence electrons. The Morgan fingerprint density at radius 3 is 2.32 bits per heavy atom. The van der Waals surface area contributed by atoms with Crippen molar-refractivity contribution >= 4 is 23.8 Å². The molecule has 1 amide bonds. The summed E-state index contributed by atoms with van der Waals surface area (Å²) in [4.78, 5) is 27.7. The molecule has 0 spiro atoms. The highest BCUT2D eigenvalue weighted by Crippen LogP contribution is 2.13. The molecule has 0 aliphatic rings. The Labute approximate surface area is 113 Å². The molecule has 0 saturated heterocycles. The first-order chi connectivity index (χ1) is 8.97. The molecule has 0 bridgehead atoms. The summed E-state index contributed by atoms with van der Waals surface area (Å²) in [5, 5.41) is 5.61. The van der Waals surface area contributed by atoms with Gasteiger partial charge in [-0.25, -0.2) is 0 Å². The minimum atomic E-state index is -0.0979. The smallest absolute Gasteiger partial charge is 0.239 e. The van der Waals surface area contributed by atoms with Crippen molar-refractivity contribution in [1.29, 1.82) is 0 Å². The lowest BCUT2D eigenvalue weighted by Gasteiger charge is -2.19. The van der Waals surface area contributed by atoms with Crippen LogP contribution in [0.4, 0.5) is 17.8 Å². The molecular weight excluding hydrogens is 246 g/mol. The van der Waals surface area contributed by atoms with Crippen molar-refractivity contribution in [2.24, 2.45) is 0 Å². The van der Waals surface area contributed by atoms with Crippen LogP contribution in [0, 0.1) is 0 Å². The van der Waals surface area contributed by atoms with Crippen LogP contribution >= 0.6 is 0 Å². The van der Waals surface area contributed by atoms with E-state index in [1.54, 1.807) is 23.9 Å². The lowest BCUT2D eigenvalue weighted by atomic mass is 10.5. The van der Waals surface area contributed by atoms with Gasteiger partial charge in [-0.15, -0.1) is 0 Å². The molecule has 0 saturated carbocycles. The lowest BCUT2D eigenvalue weighted by molar-refractivity contribution is -0.119. The van der Waals surface area contributed by atoms with Gasteiger partial charge >= 0.3 is 0 Å². The van der Waals surface area contributed by atoms with Crippen molar-refractivity contribution in [2.75, 3.05) is 56.4 Å². The van der Waals surface area contributed by atoms with Crippen molar-refractivity contribution in [1.82, 2.24) is 20.3 Å². The molecular formula is C11H21N7O. The zero-order valence-corrected chi connectivity index (χ0v) is 12.1. The summed E-state index contributed by atoms with van der Waals surface area (Å²) in [6.45, 7) is 2.88. The fourth-order valence-corrected chi connectivity index (χ4v) is 1.33. The third-order valence-corrected chi connectivity index (χ3v) is 2.35. The standard InChI is InChI=1S/C11H21N7O/c1-6-13-9-14-10(17(3)4)16-11(15-9)18(5)7-8(19)12-2/h6-7H2,1-5H3,(H,12,19)(H,13,14,15,16). The molecule has 0 fully saturated rings. The fourth-order valence-electron chi connectivity index (χ4n) is 1.33. The molecule has 0 unspecified atom stereocenters. The molecule has 0 aromatic carbocycles. The summed E-state index contributed by atoms with van der Waals surface area (Å²) in [7, 11) is 7.07. The number of aromatic nitrogens is 3. The quantitative estimate of drug-likeness (QED) is 0.722. The van der Waals surface area contributed by atoms with Crippen LogP contribution in [0.1, 0.15) is 6.92 Å². The third-order valence-electron chi connectivity index (χ3n) is 2.35. The van der Waals surface area contributed by atoms with Crippen LogP contribution in [0.2, 0.25) is 0 Å². The molecule has 1 rings (SSSR count). The molecule has 0 aliphatic carbocycles. The Balaban J connectivity index is 3.00. The third kappa shape index (κ3) is 4.23. The first-order valence-electron chi connectivity index (χ1n) is 6.07. The molecule has 0 aliphatic heterocycles. The molecule has 19 heavy (non-hydrogen) atoms. The molecule has 0 radical (unpaired) electrons. The maximum Gasteiger partial charge on any atom is 0.239 e. The summed E-state index contributed by atoms with van der Waals surface area (Å²) >= 11 is 0. The normalized spacial score (nSPS) is 9.95. The first-order valence-corrected chi connectivity index (χ1v) is 6.07. The first kappa shape index (κ1) is 14.9. The van der Waals surface area contributed by atoms with E-state index in [1.807, 2.05) is 21.0 Å². The van der Waals surface area contributed by atoms with Crippen LogP contribution in [0.25, 0.3) is 0 Å². The highest BCUT2D eigenvalue weighted by Gasteiger charge is 2.13. The second-order valence-corrected chi connectivity index (χ2v) is 4.21. The van der Waals surface area contributed by atoms with Crippen LogP contribution in [0.5, 0.6) is 0 Å². The van der Waals surface area contributed by atoms with Crippen molar-refractivity contribution < 1.29 is 4.79 Å². The number of carbonyl (C=O) groups excluding carboxylic acids is 1. The topological polar surface area (TPSA) is 86.3 Å². The number of amides is 1. The van der Waals surface area contributed by atoms with Gasteiger partial charge in [0.15, 0.2) is 0 Å². The van der Waals surface area contributed by atoms with Crippen LogP contribution in [-0.4, -0.2) is 62.1 Å². The van der Waals surface area contributed by atoms with E-state index in [0.717, 1.165) is 6.54 Å². The van der Waals surface area contributed by atoms with Gasteiger partial charge < -0.3 is 20.4 Å². The number of anilines is 3. The number of hydrogen-bond donors (Lipinski definition) is 2. The molecule has 8 nitrogen and oxygen atoms in total. The van der Waals surface area contributed by atoms with Gasteiger partial charge in [0, 0.05) is 34.7 Å². The van der Waals surface area contributed by atoms with Crippen molar-refractivity contribution in [3.05, 3.63) is 0 Å². The molecule has 8 heteroatoms. The van der Waals surface area contributed by atoms with E-state index in [0.29, 0.717) is 17.8 Å². The number of carbonyl (C=O) groups is 1. The van der Waals surface area contributed by atoms with Crippen molar-refractivity contribution in [3.8, 4) is 0 Å². The number of likely N-dealkylation sites (N-methyl/N-ethyl adjacent to an activating group) is 2. The summed E-state index contributed by atoms with van der Waals surface area (Å²) in [5.74, 6) is 1.40. The van der Waals surface area contributed by atoms with Crippen LogP contribution in [0.3, 0.4) is 0 Å². The van der Waals surface area contributed by atoms with E-state index in [-0.39, 0.29) is 12.5 Å². The molecule has 1 heterocycles. The minimum absolute atomic E-state index is 0.0979. The Morgan fingerprint density at radius 2 is 1.79 bits per heavy atom. The van der Waals surface area contributed by atoms with Crippen LogP contribution in [-0.2, 0) is 4.79 Å². The van der Waals surface area contributed by atoms with Gasteiger partial charge in [0.05, 0.1) is 6.54 Å². The number of rotatable bonds is 6. The van der Waals surface area contributed by atoms with E-state index in [9.17, 15) is 4.79 Å². The minimum Gasteiger partial charge on any atom is -0.358 e. The SMILES string of the molecule is CCNc1nc(N(C)C)nc(N(C)CC(=O)NC)n1.